The van der Waals surface area contributed by atoms with Crippen molar-refractivity contribution in [1.29, 1.82) is 0 Å². The van der Waals surface area contributed by atoms with E-state index in [1.165, 1.54) is 24.3 Å². The Hall–Kier alpha value is -2.58. The summed E-state index contributed by atoms with van der Waals surface area (Å²) in [7, 11) is -6.23. The summed E-state index contributed by atoms with van der Waals surface area (Å²) < 4.78 is 108. The van der Waals surface area contributed by atoms with Crippen molar-refractivity contribution >= 4 is 22.0 Å². The predicted octanol–water partition coefficient (Wildman–Crippen LogP) is 2.23. The molecule has 1 N–H and O–H groups in total. The van der Waals surface area contributed by atoms with Crippen molar-refractivity contribution in [3.8, 4) is 0 Å². The highest BCUT2D eigenvalue weighted by Crippen LogP contribution is 2.37. The molecule has 0 aliphatic heterocycles. The van der Waals surface area contributed by atoms with Gasteiger partial charge in [0.1, 0.15) is 0 Å². The van der Waals surface area contributed by atoms with Gasteiger partial charge in [-0.3, -0.25) is 4.79 Å². The third-order valence-corrected chi connectivity index (χ3v) is 4.55. The van der Waals surface area contributed by atoms with Crippen LogP contribution in [0.2, 0.25) is 0 Å². The summed E-state index contributed by atoms with van der Waals surface area (Å²) in [6.07, 6.45) is -7.82. The van der Waals surface area contributed by atoms with Gasteiger partial charge in [-0.2, -0.15) is 22.0 Å². The Kier molecular flexibility index (Phi) is 8.28. The molecule has 174 valence electrons. The number of alkyl halides is 5. The molecule has 0 bridgehead atoms. The molecule has 0 fully saturated rings. The van der Waals surface area contributed by atoms with Gasteiger partial charge in [0, 0.05) is 18.5 Å². The van der Waals surface area contributed by atoms with E-state index in [4.69, 9.17) is 0 Å². The van der Waals surface area contributed by atoms with Crippen LogP contribution in [0.3, 0.4) is 0 Å². The second-order valence-corrected chi connectivity index (χ2v) is 7.65. The average Bonchev–Trinajstić information content (AvgIpc) is 2.63. The number of esters is 1. The third kappa shape index (κ3) is 6.70. The molecule has 31 heavy (non-hydrogen) atoms. The Morgan fingerprint density at radius 1 is 1.13 bits per heavy atom. The summed E-state index contributed by atoms with van der Waals surface area (Å²) in [6, 6.07) is 7.50. The zero-order valence-electron chi connectivity index (χ0n) is 15.9. The monoisotopic (exact) mass is 474 g/mol. The Morgan fingerprint density at radius 3 is 2.13 bits per heavy atom. The molecule has 0 spiro atoms. The molecular weight excluding hydrogens is 457 g/mol. The first-order chi connectivity index (χ1) is 14.0. The first-order valence-corrected chi connectivity index (χ1v) is 9.69. The smallest absolute Gasteiger partial charge is 0.466 e. The van der Waals surface area contributed by atoms with E-state index in [0.717, 1.165) is 6.92 Å². The van der Waals surface area contributed by atoms with Crippen LogP contribution in [-0.2, 0) is 35.7 Å². The van der Waals surface area contributed by atoms with E-state index in [-0.39, 0.29) is 0 Å². The number of ether oxygens (including phenoxy) is 2. The van der Waals surface area contributed by atoms with E-state index >= 15 is 0 Å². The molecule has 0 heterocycles. The zero-order chi connectivity index (χ0) is 24.1. The van der Waals surface area contributed by atoms with E-state index < -0.39 is 64.4 Å². The second kappa shape index (κ2) is 9.70. The van der Waals surface area contributed by atoms with Gasteiger partial charge in [-0.25, -0.2) is 13.2 Å². The first kappa shape index (κ1) is 26.5. The van der Waals surface area contributed by atoms with Crippen molar-refractivity contribution in [2.75, 3.05) is 6.61 Å². The highest BCUT2D eigenvalue weighted by molar-refractivity contribution is 7.86. The van der Waals surface area contributed by atoms with E-state index in [9.17, 15) is 44.5 Å². The van der Waals surface area contributed by atoms with Crippen molar-refractivity contribution in [1.82, 2.24) is 5.32 Å². The largest absolute Gasteiger partial charge is 0.743 e. The number of benzene rings is 1. The molecule has 14 heteroatoms. The average molecular weight is 474 g/mol. The molecular formula is C17H17F5NO7S-. The highest BCUT2D eigenvalue weighted by atomic mass is 32.2. The van der Waals surface area contributed by atoms with E-state index in [0.29, 0.717) is 5.56 Å². The van der Waals surface area contributed by atoms with Crippen molar-refractivity contribution in [3.05, 3.63) is 48.0 Å². The van der Waals surface area contributed by atoms with Crippen molar-refractivity contribution in [2.24, 2.45) is 0 Å². The fraction of sp³-hybridized carbons (Fsp3) is 0.412. The maximum atomic E-state index is 13.8. The number of hydrogen-bond donors (Lipinski definition) is 1. The van der Waals surface area contributed by atoms with Crippen molar-refractivity contribution < 1.29 is 54.0 Å². The summed E-state index contributed by atoms with van der Waals surface area (Å²) in [5, 5.41) is -3.19. The zero-order valence-corrected chi connectivity index (χ0v) is 16.7. The minimum atomic E-state index is -6.23. The number of hydrogen-bond acceptors (Lipinski definition) is 7. The molecule has 0 radical (unpaired) electrons. The number of carbonyl (C=O) groups is 2. The summed E-state index contributed by atoms with van der Waals surface area (Å²) in [6.45, 7) is 1.73. The lowest BCUT2D eigenvalue weighted by molar-refractivity contribution is -0.348. The van der Waals surface area contributed by atoms with E-state index in [1.807, 2.05) is 5.32 Å². The second-order valence-electron chi connectivity index (χ2n) is 6.14. The Balaban J connectivity index is 3.22. The van der Waals surface area contributed by atoms with Gasteiger partial charge >= 0.3 is 29.1 Å². The van der Waals surface area contributed by atoms with Crippen LogP contribution in [0, 0.1) is 0 Å². The minimum absolute atomic E-state index is 0.335. The summed E-state index contributed by atoms with van der Waals surface area (Å²) in [5.74, 6) is -8.23. The van der Waals surface area contributed by atoms with Crippen LogP contribution >= 0.6 is 0 Å². The predicted molar refractivity (Wildman–Crippen MR) is 93.2 cm³/mol. The maximum absolute atomic E-state index is 13.8. The molecule has 0 saturated heterocycles. The Bertz CT molecular complexity index is 919. The van der Waals surface area contributed by atoms with Gasteiger partial charge in [0.15, 0.2) is 10.1 Å². The molecule has 1 rings (SSSR count). The van der Waals surface area contributed by atoms with Gasteiger partial charge in [0.2, 0.25) is 0 Å². The number of rotatable bonds is 10. The van der Waals surface area contributed by atoms with Crippen molar-refractivity contribution in [2.45, 2.75) is 37.1 Å². The number of carbonyl (C=O) groups excluding carboxylic acids is 2. The van der Waals surface area contributed by atoms with Crippen LogP contribution in [0.5, 0.6) is 0 Å². The molecule has 0 aliphatic carbocycles. The van der Waals surface area contributed by atoms with Gasteiger partial charge in [0.25, 0.3) is 0 Å². The normalized spacial score (nSPS) is 14.4. The SMILES string of the molecule is C=C(C)C(=O)OC(OCCC(F)(F)S(=O)(=O)[O-])(C(=O)NCc1ccccc1)C(F)(F)F. The van der Waals surface area contributed by atoms with E-state index in [2.05, 4.69) is 16.1 Å². The van der Waals surface area contributed by atoms with E-state index in [1.54, 1.807) is 6.07 Å². The van der Waals surface area contributed by atoms with Crippen LogP contribution in [0.25, 0.3) is 0 Å². The van der Waals surface area contributed by atoms with Crippen LogP contribution in [0.4, 0.5) is 22.0 Å². The fourth-order valence-electron chi connectivity index (χ4n) is 1.96. The minimum Gasteiger partial charge on any atom is -0.743 e. The van der Waals surface area contributed by atoms with Gasteiger partial charge in [-0.1, -0.05) is 36.9 Å². The van der Waals surface area contributed by atoms with Crippen molar-refractivity contribution in [3.63, 3.8) is 0 Å². The molecule has 0 saturated carbocycles. The molecule has 1 aromatic rings. The molecule has 1 aromatic carbocycles. The maximum Gasteiger partial charge on any atom is 0.466 e. The molecule has 8 nitrogen and oxygen atoms in total. The van der Waals surface area contributed by atoms with Gasteiger partial charge in [-0.15, -0.1) is 0 Å². The standard InChI is InChI=1S/C17H18F5NO7S/c1-11(2)13(24)30-16(17(20,21)22,29-9-8-15(18,19)31(26,27)28)14(25)23-10-12-6-4-3-5-7-12/h3-7H,1,8-10H2,2H3,(H,23,25)(H,26,27,28)/p-1. The summed E-state index contributed by atoms with van der Waals surface area (Å²) in [4.78, 5) is 24.1. The summed E-state index contributed by atoms with van der Waals surface area (Å²) >= 11 is 0. The van der Waals surface area contributed by atoms with Crippen LogP contribution in [-0.4, -0.2) is 48.7 Å². The summed E-state index contributed by atoms with van der Waals surface area (Å²) in [5.41, 5.74) is -0.248. The Morgan fingerprint density at radius 2 is 1.68 bits per heavy atom. The van der Waals surface area contributed by atoms with Crippen LogP contribution in [0.15, 0.2) is 42.5 Å². The third-order valence-electron chi connectivity index (χ3n) is 3.62. The molecule has 1 amide bonds. The lowest BCUT2D eigenvalue weighted by Crippen LogP contribution is -2.61. The number of nitrogens with one attached hydrogen (secondary N) is 1. The fourth-order valence-corrected chi connectivity index (χ4v) is 2.29. The highest BCUT2D eigenvalue weighted by Gasteiger charge is 2.66. The molecule has 0 aliphatic rings. The van der Waals surface area contributed by atoms with Gasteiger partial charge in [0.05, 0.1) is 6.61 Å². The first-order valence-electron chi connectivity index (χ1n) is 8.28. The topological polar surface area (TPSA) is 122 Å². The molecule has 0 aromatic heterocycles. The lowest BCUT2D eigenvalue weighted by Gasteiger charge is -2.33. The molecule has 1 atom stereocenters. The van der Waals surface area contributed by atoms with Crippen LogP contribution < -0.4 is 5.32 Å². The van der Waals surface area contributed by atoms with Gasteiger partial charge < -0.3 is 19.3 Å². The quantitative estimate of drug-likeness (QED) is 0.181. The van der Waals surface area contributed by atoms with Crippen LogP contribution in [0.1, 0.15) is 18.9 Å². The number of halogens is 5. The Labute approximate surface area is 173 Å². The number of amides is 1. The lowest BCUT2D eigenvalue weighted by atomic mass is 10.2. The van der Waals surface area contributed by atoms with Gasteiger partial charge in [-0.05, 0) is 12.5 Å². The molecule has 1 unspecified atom stereocenters.